The Labute approximate surface area is 98.7 Å². The number of piperidine rings is 1. The van der Waals surface area contributed by atoms with E-state index in [0.29, 0.717) is 12.1 Å². The summed E-state index contributed by atoms with van der Waals surface area (Å²) in [5, 5.41) is 3.39. The summed E-state index contributed by atoms with van der Waals surface area (Å²) >= 11 is 0. The van der Waals surface area contributed by atoms with Gasteiger partial charge in [0.1, 0.15) is 0 Å². The smallest absolute Gasteiger partial charge is 0.0236 e. The van der Waals surface area contributed by atoms with Gasteiger partial charge in [0.15, 0.2) is 0 Å². The molecular weight excluding hydrogens is 196 g/mol. The van der Waals surface area contributed by atoms with Crippen LogP contribution in [0.3, 0.4) is 0 Å². The maximum absolute atomic E-state index is 3.39. The molecule has 0 aromatic heterocycles. The first-order valence-electron chi connectivity index (χ1n) is 6.25. The Kier molecular flexibility index (Phi) is 3.97. The number of nitrogens with zero attached hydrogens (tertiary/aromatic N) is 1. The lowest BCUT2D eigenvalue weighted by molar-refractivity contribution is 0.131. The van der Waals surface area contributed by atoms with Gasteiger partial charge in [0.2, 0.25) is 0 Å². The minimum Gasteiger partial charge on any atom is -0.317 e. The fourth-order valence-corrected chi connectivity index (χ4v) is 2.54. The lowest BCUT2D eigenvalue weighted by Crippen LogP contribution is -2.46. The van der Waals surface area contributed by atoms with E-state index in [2.05, 4.69) is 54.5 Å². The number of benzene rings is 1. The van der Waals surface area contributed by atoms with Crippen LogP contribution in [0.5, 0.6) is 0 Å². The number of likely N-dealkylation sites (tertiary alicyclic amines) is 1. The highest BCUT2D eigenvalue weighted by molar-refractivity contribution is 5.14. The van der Waals surface area contributed by atoms with E-state index >= 15 is 0 Å². The summed E-state index contributed by atoms with van der Waals surface area (Å²) in [6, 6.07) is 12.2. The molecule has 1 heterocycles. The van der Waals surface area contributed by atoms with Crippen molar-refractivity contribution in [3.05, 3.63) is 35.9 Å². The van der Waals surface area contributed by atoms with Gasteiger partial charge in [0.05, 0.1) is 0 Å². The maximum atomic E-state index is 3.39. The van der Waals surface area contributed by atoms with Gasteiger partial charge in [0.25, 0.3) is 0 Å². The molecule has 1 fully saturated rings. The molecule has 0 spiro atoms. The Hall–Kier alpha value is -0.860. The van der Waals surface area contributed by atoms with E-state index in [1.54, 1.807) is 0 Å². The van der Waals surface area contributed by atoms with E-state index in [1.807, 2.05) is 0 Å². The van der Waals surface area contributed by atoms with Crippen LogP contribution < -0.4 is 5.32 Å². The van der Waals surface area contributed by atoms with Crippen molar-refractivity contribution in [2.24, 2.45) is 0 Å². The van der Waals surface area contributed by atoms with Gasteiger partial charge in [-0.2, -0.15) is 0 Å². The second-order valence-electron chi connectivity index (χ2n) is 4.82. The Balaban J connectivity index is 1.92. The first kappa shape index (κ1) is 11.6. The summed E-state index contributed by atoms with van der Waals surface area (Å²) in [7, 11) is 2.07. The minimum absolute atomic E-state index is 0.686. The summed E-state index contributed by atoms with van der Waals surface area (Å²) in [6.07, 6.45) is 2.54. The molecule has 1 saturated heterocycles. The lowest BCUT2D eigenvalue weighted by atomic mass is 9.98. The summed E-state index contributed by atoms with van der Waals surface area (Å²) in [5.41, 5.74) is 1.43. The highest BCUT2D eigenvalue weighted by Gasteiger charge is 2.23. The Morgan fingerprint density at radius 3 is 2.69 bits per heavy atom. The first-order chi connectivity index (χ1) is 7.79. The summed E-state index contributed by atoms with van der Waals surface area (Å²) in [4.78, 5) is 2.59. The van der Waals surface area contributed by atoms with Gasteiger partial charge in [-0.3, -0.25) is 4.90 Å². The predicted octanol–water partition coefficient (Wildman–Crippen LogP) is 2.26. The van der Waals surface area contributed by atoms with Crippen LogP contribution in [0.25, 0.3) is 0 Å². The molecule has 16 heavy (non-hydrogen) atoms. The predicted molar refractivity (Wildman–Crippen MR) is 68.4 cm³/mol. The number of hydrogen-bond donors (Lipinski definition) is 1. The SMILES string of the molecule is CNC1CCN(Cc2ccccc2)C(C)C1. The number of hydrogen-bond acceptors (Lipinski definition) is 2. The van der Waals surface area contributed by atoms with Crippen LogP contribution in [-0.2, 0) is 6.54 Å². The standard InChI is InChI=1S/C14H22N2/c1-12-10-14(15-2)8-9-16(12)11-13-6-4-3-5-7-13/h3-7,12,14-15H,8-11H2,1-2H3. The molecule has 1 aromatic carbocycles. The van der Waals surface area contributed by atoms with Gasteiger partial charge >= 0.3 is 0 Å². The average molecular weight is 218 g/mol. The van der Waals surface area contributed by atoms with Crippen molar-refractivity contribution < 1.29 is 0 Å². The van der Waals surface area contributed by atoms with Crippen LogP contribution >= 0.6 is 0 Å². The second kappa shape index (κ2) is 5.46. The van der Waals surface area contributed by atoms with E-state index in [9.17, 15) is 0 Å². The molecule has 1 N–H and O–H groups in total. The van der Waals surface area contributed by atoms with Gasteiger partial charge < -0.3 is 5.32 Å². The molecule has 1 aromatic rings. The third-order valence-corrected chi connectivity index (χ3v) is 3.65. The number of rotatable bonds is 3. The second-order valence-corrected chi connectivity index (χ2v) is 4.82. The molecule has 2 rings (SSSR count). The molecule has 0 bridgehead atoms. The molecule has 1 aliphatic heterocycles. The van der Waals surface area contributed by atoms with Gasteiger partial charge in [-0.15, -0.1) is 0 Å². The van der Waals surface area contributed by atoms with Crippen LogP contribution in [0.2, 0.25) is 0 Å². The third-order valence-electron chi connectivity index (χ3n) is 3.65. The zero-order valence-corrected chi connectivity index (χ0v) is 10.3. The molecule has 2 unspecified atom stereocenters. The largest absolute Gasteiger partial charge is 0.317 e. The van der Waals surface area contributed by atoms with Crippen molar-refractivity contribution in [2.45, 2.75) is 38.4 Å². The van der Waals surface area contributed by atoms with Crippen molar-refractivity contribution in [3.8, 4) is 0 Å². The molecule has 2 atom stereocenters. The molecule has 1 aliphatic rings. The fourth-order valence-electron chi connectivity index (χ4n) is 2.54. The highest BCUT2D eigenvalue weighted by atomic mass is 15.2. The van der Waals surface area contributed by atoms with Crippen molar-refractivity contribution >= 4 is 0 Å². The van der Waals surface area contributed by atoms with E-state index in [4.69, 9.17) is 0 Å². The fraction of sp³-hybridized carbons (Fsp3) is 0.571. The monoisotopic (exact) mass is 218 g/mol. The zero-order chi connectivity index (χ0) is 11.4. The summed E-state index contributed by atoms with van der Waals surface area (Å²) in [6.45, 7) is 4.65. The van der Waals surface area contributed by atoms with Crippen LogP contribution in [0.4, 0.5) is 0 Å². The topological polar surface area (TPSA) is 15.3 Å². The van der Waals surface area contributed by atoms with E-state index in [-0.39, 0.29) is 0 Å². The minimum atomic E-state index is 0.686. The molecule has 2 heteroatoms. The van der Waals surface area contributed by atoms with Crippen molar-refractivity contribution in [3.63, 3.8) is 0 Å². The van der Waals surface area contributed by atoms with E-state index < -0.39 is 0 Å². The van der Waals surface area contributed by atoms with E-state index in [1.165, 1.54) is 24.9 Å². The molecule has 0 aliphatic carbocycles. The van der Waals surface area contributed by atoms with Crippen molar-refractivity contribution in [1.29, 1.82) is 0 Å². The quantitative estimate of drug-likeness (QED) is 0.837. The Morgan fingerprint density at radius 2 is 2.06 bits per heavy atom. The van der Waals surface area contributed by atoms with Gasteiger partial charge in [-0.05, 0) is 32.4 Å². The van der Waals surface area contributed by atoms with Gasteiger partial charge in [0, 0.05) is 25.2 Å². The number of nitrogens with one attached hydrogen (secondary N) is 1. The molecular formula is C14H22N2. The summed E-state index contributed by atoms with van der Waals surface area (Å²) in [5.74, 6) is 0. The van der Waals surface area contributed by atoms with E-state index in [0.717, 1.165) is 6.54 Å². The highest BCUT2D eigenvalue weighted by Crippen LogP contribution is 2.19. The Bertz CT molecular complexity index is 310. The van der Waals surface area contributed by atoms with Crippen molar-refractivity contribution in [2.75, 3.05) is 13.6 Å². The Morgan fingerprint density at radius 1 is 1.31 bits per heavy atom. The summed E-state index contributed by atoms with van der Waals surface area (Å²) < 4.78 is 0. The molecule has 0 amide bonds. The van der Waals surface area contributed by atoms with Crippen molar-refractivity contribution in [1.82, 2.24) is 10.2 Å². The van der Waals surface area contributed by atoms with Crippen LogP contribution in [0, 0.1) is 0 Å². The van der Waals surface area contributed by atoms with Crippen LogP contribution in [-0.4, -0.2) is 30.6 Å². The molecule has 88 valence electrons. The normalized spacial score (nSPS) is 26.9. The van der Waals surface area contributed by atoms with Gasteiger partial charge in [-0.1, -0.05) is 30.3 Å². The zero-order valence-electron chi connectivity index (χ0n) is 10.3. The third kappa shape index (κ3) is 2.83. The lowest BCUT2D eigenvalue weighted by Gasteiger charge is -2.37. The van der Waals surface area contributed by atoms with Crippen LogP contribution in [0.1, 0.15) is 25.3 Å². The molecule has 0 saturated carbocycles. The van der Waals surface area contributed by atoms with Crippen LogP contribution in [0.15, 0.2) is 30.3 Å². The molecule has 2 nitrogen and oxygen atoms in total. The molecule has 0 radical (unpaired) electrons. The van der Waals surface area contributed by atoms with Gasteiger partial charge in [-0.25, -0.2) is 0 Å². The average Bonchev–Trinajstić information content (AvgIpc) is 2.33. The maximum Gasteiger partial charge on any atom is 0.0236 e. The first-order valence-corrected chi connectivity index (χ1v) is 6.25.